The molecule has 1 aromatic rings. The van der Waals surface area contributed by atoms with Crippen molar-refractivity contribution in [3.63, 3.8) is 0 Å². The second-order valence-electron chi connectivity index (χ2n) is 3.36. The van der Waals surface area contributed by atoms with Gasteiger partial charge in [0.2, 0.25) is 0 Å². The Morgan fingerprint density at radius 2 is 2.38 bits per heavy atom. The van der Waals surface area contributed by atoms with Gasteiger partial charge in [-0.1, -0.05) is 6.92 Å². The van der Waals surface area contributed by atoms with Crippen LogP contribution in [-0.4, -0.2) is 16.3 Å². The first-order valence-electron chi connectivity index (χ1n) is 4.59. The Labute approximate surface area is 92.5 Å². The molecule has 2 atom stereocenters. The fourth-order valence-corrected chi connectivity index (χ4v) is 5.22. The highest BCUT2D eigenvalue weighted by Gasteiger charge is 2.25. The van der Waals surface area contributed by atoms with Gasteiger partial charge in [-0.15, -0.1) is 23.1 Å². The number of rotatable bonds is 2. The smallest absolute Gasteiger partial charge is 0.0219 e. The third-order valence-corrected chi connectivity index (χ3v) is 6.51. The summed E-state index contributed by atoms with van der Waals surface area (Å²) < 4.78 is 0. The molecule has 0 aliphatic carbocycles. The Bertz CT molecular complexity index is 279. The zero-order valence-electron chi connectivity index (χ0n) is 7.95. The van der Waals surface area contributed by atoms with Crippen molar-refractivity contribution in [1.29, 1.82) is 0 Å². The third kappa shape index (κ3) is 2.25. The first-order chi connectivity index (χ1) is 6.27. The molecule has 1 aliphatic rings. The van der Waals surface area contributed by atoms with E-state index in [1.165, 1.54) is 21.9 Å². The van der Waals surface area contributed by atoms with Gasteiger partial charge in [-0.2, -0.15) is 11.8 Å². The van der Waals surface area contributed by atoms with Crippen LogP contribution in [0.4, 0.5) is 0 Å². The maximum atomic E-state index is 2.36. The van der Waals surface area contributed by atoms with Gasteiger partial charge in [-0.25, -0.2) is 0 Å². The first kappa shape index (κ1) is 9.94. The maximum Gasteiger partial charge on any atom is 0.0219 e. The van der Waals surface area contributed by atoms with Crippen LogP contribution in [0.3, 0.4) is 0 Å². The average molecular weight is 230 g/mol. The molecule has 2 rings (SSSR count). The molecule has 0 spiro atoms. The van der Waals surface area contributed by atoms with E-state index in [1.807, 2.05) is 11.3 Å². The van der Waals surface area contributed by atoms with Crippen LogP contribution in [0.25, 0.3) is 0 Å². The summed E-state index contributed by atoms with van der Waals surface area (Å²) in [6.07, 6.45) is 1.38. The molecule has 0 unspecified atom stereocenters. The van der Waals surface area contributed by atoms with Crippen molar-refractivity contribution >= 4 is 34.9 Å². The predicted octanol–water partition coefficient (Wildman–Crippen LogP) is 4.04. The number of hydrogen-bond donors (Lipinski definition) is 0. The number of thiophene rings is 1. The lowest BCUT2D eigenvalue weighted by Crippen LogP contribution is -2.08. The largest absolute Gasteiger partial charge is 0.158 e. The van der Waals surface area contributed by atoms with Gasteiger partial charge < -0.3 is 0 Å². The van der Waals surface area contributed by atoms with Gasteiger partial charge in [0.15, 0.2) is 0 Å². The van der Waals surface area contributed by atoms with E-state index in [2.05, 4.69) is 48.8 Å². The highest BCUT2D eigenvalue weighted by Crippen LogP contribution is 2.40. The molecule has 3 heteroatoms. The zero-order chi connectivity index (χ0) is 9.26. The Morgan fingerprint density at radius 1 is 1.54 bits per heavy atom. The number of hydrogen-bond acceptors (Lipinski definition) is 3. The van der Waals surface area contributed by atoms with E-state index in [0.717, 1.165) is 10.5 Å². The lowest BCUT2D eigenvalue weighted by Gasteiger charge is -2.13. The molecule has 1 saturated heterocycles. The van der Waals surface area contributed by atoms with Crippen molar-refractivity contribution in [2.45, 2.75) is 35.7 Å². The molecule has 0 amide bonds. The van der Waals surface area contributed by atoms with Gasteiger partial charge >= 0.3 is 0 Å². The van der Waals surface area contributed by atoms with Crippen molar-refractivity contribution in [3.05, 3.63) is 16.3 Å². The van der Waals surface area contributed by atoms with Crippen molar-refractivity contribution in [2.75, 3.05) is 5.75 Å². The fourth-order valence-electron chi connectivity index (χ4n) is 1.53. The average Bonchev–Trinajstić information content (AvgIpc) is 2.65. The van der Waals surface area contributed by atoms with Crippen molar-refractivity contribution in [2.24, 2.45) is 0 Å². The molecule has 1 fully saturated rings. The summed E-state index contributed by atoms with van der Waals surface area (Å²) in [5.74, 6) is 1.35. The van der Waals surface area contributed by atoms with Crippen LogP contribution in [0.2, 0.25) is 0 Å². The summed E-state index contributed by atoms with van der Waals surface area (Å²) in [6, 6.07) is 2.26. The molecular weight excluding hydrogens is 216 g/mol. The molecule has 2 heterocycles. The van der Waals surface area contributed by atoms with Gasteiger partial charge in [0, 0.05) is 20.3 Å². The summed E-state index contributed by atoms with van der Waals surface area (Å²) in [7, 11) is 0. The fraction of sp³-hybridized carbons (Fsp3) is 0.600. The molecule has 0 aromatic carbocycles. The second kappa shape index (κ2) is 4.28. The van der Waals surface area contributed by atoms with Gasteiger partial charge in [-0.05, 0) is 30.5 Å². The van der Waals surface area contributed by atoms with Crippen LogP contribution in [-0.2, 0) is 0 Å². The van der Waals surface area contributed by atoms with Gasteiger partial charge in [0.25, 0.3) is 0 Å². The summed E-state index contributed by atoms with van der Waals surface area (Å²) in [4.78, 5) is 2.98. The van der Waals surface area contributed by atoms with Gasteiger partial charge in [-0.3, -0.25) is 0 Å². The molecule has 72 valence electrons. The molecule has 1 aromatic heterocycles. The highest BCUT2D eigenvalue weighted by atomic mass is 32.2. The van der Waals surface area contributed by atoms with Crippen LogP contribution in [0.5, 0.6) is 0 Å². The van der Waals surface area contributed by atoms with Crippen molar-refractivity contribution < 1.29 is 0 Å². The molecular formula is C10H14S3. The van der Waals surface area contributed by atoms with E-state index >= 15 is 0 Å². The minimum absolute atomic E-state index is 0.837. The summed E-state index contributed by atoms with van der Waals surface area (Å²) in [5, 5.41) is 3.88. The predicted molar refractivity (Wildman–Crippen MR) is 65.2 cm³/mol. The van der Waals surface area contributed by atoms with Crippen LogP contribution in [0, 0.1) is 6.92 Å². The lowest BCUT2D eigenvalue weighted by atomic mass is 10.3. The van der Waals surface area contributed by atoms with Crippen LogP contribution in [0.15, 0.2) is 16.3 Å². The minimum Gasteiger partial charge on any atom is -0.158 e. The first-order valence-corrected chi connectivity index (χ1v) is 7.40. The van der Waals surface area contributed by atoms with Gasteiger partial charge in [0.05, 0.1) is 0 Å². The van der Waals surface area contributed by atoms with Crippen LogP contribution < -0.4 is 0 Å². The molecule has 0 N–H and O–H groups in total. The van der Waals surface area contributed by atoms with E-state index in [9.17, 15) is 0 Å². The Hall–Kier alpha value is 0.400. The maximum absolute atomic E-state index is 2.36. The standard InChI is InChI=1S/C10H14S3/c1-7-9(3-5-11-7)13-10-4-6-12-8(10)2/h3,5,8,10H,4,6H2,1-2H3/t8-,10+/m0/s1. The van der Waals surface area contributed by atoms with Crippen molar-refractivity contribution in [3.8, 4) is 0 Å². The highest BCUT2D eigenvalue weighted by molar-refractivity contribution is 8.04. The van der Waals surface area contributed by atoms with Crippen LogP contribution in [0.1, 0.15) is 18.2 Å². The quantitative estimate of drug-likeness (QED) is 0.752. The monoisotopic (exact) mass is 230 g/mol. The van der Waals surface area contributed by atoms with Crippen molar-refractivity contribution in [1.82, 2.24) is 0 Å². The number of thioether (sulfide) groups is 2. The Balaban J connectivity index is 2.01. The van der Waals surface area contributed by atoms with Gasteiger partial charge in [0.1, 0.15) is 0 Å². The summed E-state index contributed by atoms with van der Waals surface area (Å²) in [5.41, 5.74) is 0. The molecule has 0 bridgehead atoms. The SMILES string of the molecule is Cc1sccc1S[C@@H]1CCS[C@H]1C. The molecule has 0 radical (unpaired) electrons. The third-order valence-electron chi connectivity index (χ3n) is 2.40. The zero-order valence-corrected chi connectivity index (χ0v) is 10.4. The Morgan fingerprint density at radius 3 is 2.92 bits per heavy atom. The van der Waals surface area contributed by atoms with E-state index in [0.29, 0.717) is 0 Å². The normalized spacial score (nSPS) is 28.2. The molecule has 13 heavy (non-hydrogen) atoms. The Kier molecular flexibility index (Phi) is 3.27. The van der Waals surface area contributed by atoms with Crippen LogP contribution >= 0.6 is 34.9 Å². The lowest BCUT2D eigenvalue weighted by molar-refractivity contribution is 0.858. The molecule has 1 aliphatic heterocycles. The number of aryl methyl sites for hydroxylation is 1. The summed E-state index contributed by atoms with van der Waals surface area (Å²) in [6.45, 7) is 4.58. The van der Waals surface area contributed by atoms with E-state index < -0.39 is 0 Å². The van der Waals surface area contributed by atoms with E-state index in [1.54, 1.807) is 0 Å². The second-order valence-corrected chi connectivity index (χ2v) is 7.25. The topological polar surface area (TPSA) is 0 Å². The summed E-state index contributed by atoms with van der Waals surface area (Å²) >= 11 is 6.06. The van der Waals surface area contributed by atoms with E-state index in [-0.39, 0.29) is 0 Å². The van der Waals surface area contributed by atoms with E-state index in [4.69, 9.17) is 0 Å². The minimum atomic E-state index is 0.837. The molecule has 0 nitrogen and oxygen atoms in total. The molecule has 0 saturated carbocycles.